The quantitative estimate of drug-likeness (QED) is 0.578. The Hall–Kier alpha value is -2.48. The number of aromatic nitrogens is 1. The molecule has 3 heterocycles. The first-order valence-corrected chi connectivity index (χ1v) is 10.4. The highest BCUT2D eigenvalue weighted by atomic mass is 35.5. The van der Waals surface area contributed by atoms with Gasteiger partial charge in [-0.25, -0.2) is 4.98 Å². The highest BCUT2D eigenvalue weighted by Crippen LogP contribution is 2.29. The zero-order chi connectivity index (χ0) is 19.5. The molecule has 0 radical (unpaired) electrons. The largest absolute Gasteiger partial charge is 0.344 e. The minimum Gasteiger partial charge on any atom is -0.344 e. The first-order valence-electron chi connectivity index (χ1n) is 9.11. The highest BCUT2D eigenvalue weighted by molar-refractivity contribution is 7.11. The molecule has 0 saturated carbocycles. The molecule has 2 aliphatic rings. The van der Waals surface area contributed by atoms with E-state index in [0.29, 0.717) is 27.3 Å². The second-order valence-electron chi connectivity index (χ2n) is 6.72. The van der Waals surface area contributed by atoms with Crippen LogP contribution in [0.4, 0.5) is 0 Å². The lowest BCUT2D eigenvalue weighted by Crippen LogP contribution is -2.41. The number of nitrogens with zero attached hydrogens (tertiary/aromatic N) is 1. The fraction of sp³-hybridized carbons (Fsp3) is 0.250. The van der Waals surface area contributed by atoms with Crippen LogP contribution in [0.2, 0.25) is 5.02 Å². The molecule has 1 aromatic heterocycles. The van der Waals surface area contributed by atoms with E-state index in [2.05, 4.69) is 20.9 Å². The van der Waals surface area contributed by atoms with E-state index in [0.717, 1.165) is 42.9 Å². The molecule has 2 aromatic rings. The number of rotatable bonds is 4. The molecule has 0 atom stereocenters. The summed E-state index contributed by atoms with van der Waals surface area (Å²) in [7, 11) is 0. The molecule has 1 aromatic carbocycles. The van der Waals surface area contributed by atoms with Gasteiger partial charge in [0.1, 0.15) is 10.8 Å². The number of hydrogen-bond donors (Lipinski definition) is 4. The van der Waals surface area contributed by atoms with Crippen molar-refractivity contribution in [1.82, 2.24) is 20.9 Å². The second kappa shape index (κ2) is 8.26. The average Bonchev–Trinajstić information content (AvgIpc) is 3.19. The van der Waals surface area contributed by atoms with Gasteiger partial charge in [0.25, 0.3) is 5.91 Å². The SMILES string of the molecule is N=C/C(=C1/NC(=O)C=C(C2CCNCC2)N1)c1nc(-c2cccc(Cl)c2)cs1. The van der Waals surface area contributed by atoms with Crippen molar-refractivity contribution < 1.29 is 4.79 Å². The van der Waals surface area contributed by atoms with Crippen molar-refractivity contribution in [3.63, 3.8) is 0 Å². The molecule has 0 unspecified atom stereocenters. The van der Waals surface area contributed by atoms with Crippen molar-refractivity contribution in [2.24, 2.45) is 5.92 Å². The predicted molar refractivity (Wildman–Crippen MR) is 113 cm³/mol. The lowest BCUT2D eigenvalue weighted by Gasteiger charge is -2.29. The molecule has 0 bridgehead atoms. The number of benzene rings is 1. The minimum atomic E-state index is -0.173. The maximum atomic E-state index is 12.3. The second-order valence-corrected chi connectivity index (χ2v) is 8.01. The van der Waals surface area contributed by atoms with Crippen molar-refractivity contribution in [3.8, 4) is 11.3 Å². The van der Waals surface area contributed by atoms with Crippen LogP contribution in [-0.2, 0) is 4.79 Å². The first kappa shape index (κ1) is 18.9. The minimum absolute atomic E-state index is 0.173. The van der Waals surface area contributed by atoms with E-state index in [-0.39, 0.29) is 5.91 Å². The van der Waals surface area contributed by atoms with Crippen LogP contribution in [0.3, 0.4) is 0 Å². The number of amides is 1. The predicted octanol–water partition coefficient (Wildman–Crippen LogP) is 3.38. The standard InChI is InChI=1S/C20H20ClN5OS/c21-14-3-1-2-13(8-14)17-11-28-20(25-17)15(10-22)19-24-16(9-18(27)26-19)12-4-6-23-7-5-12/h1-3,8-12,22-24H,4-7H2,(H,26,27)/b19-15-,22-10?. The molecule has 144 valence electrons. The van der Waals surface area contributed by atoms with Crippen LogP contribution < -0.4 is 16.0 Å². The Morgan fingerprint density at radius 3 is 2.86 bits per heavy atom. The van der Waals surface area contributed by atoms with Crippen LogP contribution in [0.25, 0.3) is 16.8 Å². The third kappa shape index (κ3) is 4.01. The molecule has 6 nitrogen and oxygen atoms in total. The zero-order valence-corrected chi connectivity index (χ0v) is 16.7. The Morgan fingerprint density at radius 1 is 1.29 bits per heavy atom. The average molecular weight is 414 g/mol. The topological polar surface area (TPSA) is 89.9 Å². The fourth-order valence-corrected chi connectivity index (χ4v) is 4.46. The maximum absolute atomic E-state index is 12.3. The zero-order valence-electron chi connectivity index (χ0n) is 15.1. The van der Waals surface area contributed by atoms with Crippen LogP contribution in [0, 0.1) is 11.3 Å². The molecular weight excluding hydrogens is 394 g/mol. The molecule has 1 fully saturated rings. The Kier molecular flexibility index (Phi) is 5.57. The van der Waals surface area contributed by atoms with E-state index in [4.69, 9.17) is 17.0 Å². The highest BCUT2D eigenvalue weighted by Gasteiger charge is 2.25. The number of thiazole rings is 1. The van der Waals surface area contributed by atoms with E-state index in [1.54, 1.807) is 6.08 Å². The molecule has 0 aliphatic carbocycles. The summed E-state index contributed by atoms with van der Waals surface area (Å²) in [5.74, 6) is 0.656. The Balaban J connectivity index is 1.64. The molecule has 0 spiro atoms. The lowest BCUT2D eigenvalue weighted by atomic mass is 9.93. The van der Waals surface area contributed by atoms with Crippen molar-refractivity contribution in [2.45, 2.75) is 12.8 Å². The molecule has 8 heteroatoms. The van der Waals surface area contributed by atoms with Gasteiger partial charge in [-0.3, -0.25) is 4.79 Å². The van der Waals surface area contributed by atoms with Crippen molar-refractivity contribution >= 4 is 40.6 Å². The van der Waals surface area contributed by atoms with E-state index < -0.39 is 0 Å². The van der Waals surface area contributed by atoms with Crippen LogP contribution in [0.5, 0.6) is 0 Å². The molecule has 28 heavy (non-hydrogen) atoms. The number of allylic oxidation sites excluding steroid dienone is 2. The summed E-state index contributed by atoms with van der Waals surface area (Å²) in [5, 5.41) is 20.6. The number of piperidine rings is 1. The summed E-state index contributed by atoms with van der Waals surface area (Å²) in [4.78, 5) is 16.9. The molecule has 4 N–H and O–H groups in total. The van der Waals surface area contributed by atoms with Gasteiger partial charge >= 0.3 is 0 Å². The summed E-state index contributed by atoms with van der Waals surface area (Å²) in [5.41, 5.74) is 3.18. The molecule has 1 saturated heterocycles. The summed E-state index contributed by atoms with van der Waals surface area (Å²) in [6.45, 7) is 1.88. The van der Waals surface area contributed by atoms with Gasteiger partial charge in [0.15, 0.2) is 0 Å². The van der Waals surface area contributed by atoms with Gasteiger partial charge in [0.2, 0.25) is 0 Å². The first-order chi connectivity index (χ1) is 13.6. The Labute approximate surface area is 172 Å². The summed E-state index contributed by atoms with van der Waals surface area (Å²) < 4.78 is 0. The van der Waals surface area contributed by atoms with Crippen molar-refractivity contribution in [1.29, 1.82) is 5.41 Å². The third-order valence-electron chi connectivity index (χ3n) is 4.85. The van der Waals surface area contributed by atoms with Gasteiger partial charge in [0.05, 0.1) is 11.3 Å². The van der Waals surface area contributed by atoms with E-state index >= 15 is 0 Å². The van der Waals surface area contributed by atoms with E-state index in [9.17, 15) is 4.79 Å². The molecular formula is C20H20ClN5OS. The third-order valence-corrected chi connectivity index (χ3v) is 5.96. The molecule has 4 rings (SSSR count). The number of carbonyl (C=O) groups is 1. The van der Waals surface area contributed by atoms with Gasteiger partial charge in [-0.2, -0.15) is 0 Å². The van der Waals surface area contributed by atoms with Crippen LogP contribution >= 0.6 is 22.9 Å². The Bertz CT molecular complexity index is 974. The smallest absolute Gasteiger partial charge is 0.251 e. The fourth-order valence-electron chi connectivity index (χ4n) is 3.42. The van der Waals surface area contributed by atoms with Crippen LogP contribution in [-0.4, -0.2) is 30.2 Å². The van der Waals surface area contributed by atoms with Crippen molar-refractivity contribution in [3.05, 3.63) is 57.3 Å². The van der Waals surface area contributed by atoms with Gasteiger partial charge in [-0.1, -0.05) is 23.7 Å². The maximum Gasteiger partial charge on any atom is 0.251 e. The molecule has 2 aliphatic heterocycles. The van der Waals surface area contributed by atoms with Gasteiger partial charge in [-0.05, 0) is 38.1 Å². The number of carbonyl (C=O) groups excluding carboxylic acids is 1. The Morgan fingerprint density at radius 2 is 2.11 bits per heavy atom. The monoisotopic (exact) mass is 413 g/mol. The summed E-state index contributed by atoms with van der Waals surface area (Å²) >= 11 is 7.51. The number of nitrogens with one attached hydrogen (secondary N) is 4. The van der Waals surface area contributed by atoms with E-state index in [1.165, 1.54) is 17.6 Å². The van der Waals surface area contributed by atoms with Gasteiger partial charge < -0.3 is 21.4 Å². The van der Waals surface area contributed by atoms with Gasteiger partial charge in [0, 0.05) is 39.9 Å². The van der Waals surface area contributed by atoms with Gasteiger partial charge in [-0.15, -0.1) is 11.3 Å². The van der Waals surface area contributed by atoms with Crippen molar-refractivity contribution in [2.75, 3.05) is 13.1 Å². The summed E-state index contributed by atoms with van der Waals surface area (Å²) in [6, 6.07) is 7.50. The van der Waals surface area contributed by atoms with E-state index in [1.807, 2.05) is 29.6 Å². The van der Waals surface area contributed by atoms with Crippen LogP contribution in [0.15, 0.2) is 47.2 Å². The van der Waals surface area contributed by atoms with Crippen LogP contribution in [0.1, 0.15) is 17.8 Å². The number of halogens is 1. The number of hydrogen-bond acceptors (Lipinski definition) is 6. The normalized spacial score (nSPS) is 19.5. The molecule has 1 amide bonds. The summed E-state index contributed by atoms with van der Waals surface area (Å²) in [6.07, 6.45) is 4.82. The lowest BCUT2D eigenvalue weighted by molar-refractivity contribution is -0.116.